The molecule has 1 spiro atoms. The lowest BCUT2D eigenvalue weighted by Gasteiger charge is -2.40. The van der Waals surface area contributed by atoms with E-state index in [1.165, 1.54) is 0 Å². The van der Waals surface area contributed by atoms with E-state index < -0.39 is 0 Å². The maximum absolute atomic E-state index is 13.5. The molecule has 1 aliphatic carbocycles. The largest absolute Gasteiger partial charge is 0.393 e. The average Bonchev–Trinajstić information content (AvgIpc) is 3.28. The molecule has 8 nitrogen and oxygen atoms in total. The summed E-state index contributed by atoms with van der Waals surface area (Å²) < 4.78 is 0. The standard InChI is InChI=1S/C19H25ClN6O2/c20-18-23-15-14(21-11-22-15)16(24-18)25-8-1-6-19(10-25)7-9-26(17(19)28)12-2-4-13(27)5-3-12/h11-13,27H,1-10H2,(H,21,22,23,24)/t12-,13-,19?. The zero-order valence-corrected chi connectivity index (χ0v) is 16.5. The molecule has 5 rings (SSSR count). The number of nitrogens with one attached hydrogen (secondary N) is 1. The molecule has 1 atom stereocenters. The van der Waals surface area contributed by atoms with Gasteiger partial charge in [-0.15, -0.1) is 0 Å². The minimum Gasteiger partial charge on any atom is -0.393 e. The zero-order chi connectivity index (χ0) is 19.3. The maximum atomic E-state index is 13.5. The number of likely N-dealkylation sites (tertiary alicyclic amines) is 1. The smallest absolute Gasteiger partial charge is 0.230 e. The average molecular weight is 405 g/mol. The van der Waals surface area contributed by atoms with Gasteiger partial charge in [0, 0.05) is 25.7 Å². The summed E-state index contributed by atoms with van der Waals surface area (Å²) in [5.41, 5.74) is 0.966. The Labute approximate surface area is 168 Å². The molecule has 150 valence electrons. The molecule has 28 heavy (non-hydrogen) atoms. The minimum atomic E-state index is -0.353. The molecule has 3 fully saturated rings. The van der Waals surface area contributed by atoms with E-state index in [0.717, 1.165) is 58.0 Å². The summed E-state index contributed by atoms with van der Waals surface area (Å²) in [6.07, 6.45) is 7.53. The lowest BCUT2D eigenvalue weighted by Crippen LogP contribution is -2.50. The van der Waals surface area contributed by atoms with E-state index in [-0.39, 0.29) is 28.8 Å². The fraction of sp³-hybridized carbons (Fsp3) is 0.684. The van der Waals surface area contributed by atoms with Crippen molar-refractivity contribution in [2.75, 3.05) is 24.5 Å². The molecule has 2 aromatic rings. The minimum absolute atomic E-state index is 0.187. The third kappa shape index (κ3) is 2.93. The Morgan fingerprint density at radius 1 is 1.18 bits per heavy atom. The predicted octanol–water partition coefficient (Wildman–Crippen LogP) is 2.13. The number of anilines is 1. The molecular weight excluding hydrogens is 380 g/mol. The monoisotopic (exact) mass is 404 g/mol. The van der Waals surface area contributed by atoms with Crippen molar-refractivity contribution in [2.24, 2.45) is 5.41 Å². The normalized spacial score (nSPS) is 31.3. The van der Waals surface area contributed by atoms with Crippen molar-refractivity contribution in [2.45, 2.75) is 57.1 Å². The van der Waals surface area contributed by atoms with Gasteiger partial charge in [0.2, 0.25) is 11.2 Å². The van der Waals surface area contributed by atoms with Crippen LogP contribution in [0.1, 0.15) is 44.9 Å². The number of aromatic nitrogens is 4. The van der Waals surface area contributed by atoms with E-state index in [9.17, 15) is 9.90 Å². The molecule has 1 unspecified atom stereocenters. The Morgan fingerprint density at radius 2 is 2.00 bits per heavy atom. The van der Waals surface area contributed by atoms with Gasteiger partial charge in [-0.1, -0.05) is 0 Å². The number of rotatable bonds is 2. The van der Waals surface area contributed by atoms with E-state index in [2.05, 4.69) is 29.7 Å². The molecule has 0 bridgehead atoms. The summed E-state index contributed by atoms with van der Waals surface area (Å²) in [7, 11) is 0. The Hall–Kier alpha value is -1.93. The van der Waals surface area contributed by atoms with Crippen LogP contribution < -0.4 is 4.90 Å². The first-order valence-corrected chi connectivity index (χ1v) is 10.5. The summed E-state index contributed by atoms with van der Waals surface area (Å²) >= 11 is 6.12. The number of hydrogen-bond donors (Lipinski definition) is 2. The van der Waals surface area contributed by atoms with E-state index in [1.54, 1.807) is 6.33 Å². The molecule has 4 heterocycles. The number of amides is 1. The molecule has 1 saturated carbocycles. The highest BCUT2D eigenvalue weighted by Gasteiger charge is 2.51. The summed E-state index contributed by atoms with van der Waals surface area (Å²) in [6, 6.07) is 0.275. The molecule has 1 amide bonds. The van der Waals surface area contributed by atoms with Crippen molar-refractivity contribution < 1.29 is 9.90 Å². The fourth-order valence-electron chi connectivity index (χ4n) is 5.27. The van der Waals surface area contributed by atoms with Gasteiger partial charge in [0.1, 0.15) is 0 Å². The van der Waals surface area contributed by atoms with Gasteiger partial charge in [-0.3, -0.25) is 4.79 Å². The van der Waals surface area contributed by atoms with Crippen LogP contribution in [0, 0.1) is 5.41 Å². The van der Waals surface area contributed by atoms with Crippen LogP contribution in [0.3, 0.4) is 0 Å². The van der Waals surface area contributed by atoms with Crippen LogP contribution in [-0.4, -0.2) is 67.6 Å². The number of nitrogens with zero attached hydrogens (tertiary/aromatic N) is 5. The van der Waals surface area contributed by atoms with E-state index in [0.29, 0.717) is 23.5 Å². The topological polar surface area (TPSA) is 98.2 Å². The van der Waals surface area contributed by atoms with Gasteiger partial charge >= 0.3 is 0 Å². The number of carbonyl (C=O) groups is 1. The van der Waals surface area contributed by atoms with Crippen molar-refractivity contribution >= 4 is 34.5 Å². The molecule has 9 heteroatoms. The third-order valence-electron chi connectivity index (χ3n) is 6.76. The van der Waals surface area contributed by atoms with Gasteiger partial charge in [-0.25, -0.2) is 4.98 Å². The fourth-order valence-corrected chi connectivity index (χ4v) is 5.44. The van der Waals surface area contributed by atoms with Crippen LogP contribution in [0.25, 0.3) is 11.2 Å². The van der Waals surface area contributed by atoms with Gasteiger partial charge < -0.3 is 19.9 Å². The highest BCUT2D eigenvalue weighted by atomic mass is 35.5. The molecule has 3 aliphatic rings. The maximum Gasteiger partial charge on any atom is 0.230 e. The lowest BCUT2D eigenvalue weighted by atomic mass is 9.78. The number of aliphatic hydroxyl groups excluding tert-OH is 1. The molecule has 2 saturated heterocycles. The Kier molecular flexibility index (Phi) is 4.43. The number of imidazole rings is 1. The van der Waals surface area contributed by atoms with Crippen LogP contribution in [-0.2, 0) is 4.79 Å². The first-order chi connectivity index (χ1) is 13.6. The van der Waals surface area contributed by atoms with Crippen molar-refractivity contribution in [1.29, 1.82) is 0 Å². The number of hydrogen-bond acceptors (Lipinski definition) is 6. The molecule has 2 N–H and O–H groups in total. The molecule has 0 aromatic carbocycles. The third-order valence-corrected chi connectivity index (χ3v) is 6.93. The summed E-state index contributed by atoms with van der Waals surface area (Å²) in [5.74, 6) is 0.986. The Balaban J connectivity index is 1.39. The van der Waals surface area contributed by atoms with Crippen LogP contribution in [0.4, 0.5) is 5.82 Å². The number of carbonyl (C=O) groups excluding carboxylic acids is 1. The number of aliphatic hydroxyl groups is 1. The summed E-state index contributed by atoms with van der Waals surface area (Å²) in [5, 5.41) is 9.97. The first-order valence-electron chi connectivity index (χ1n) is 10.2. The predicted molar refractivity (Wildman–Crippen MR) is 105 cm³/mol. The van der Waals surface area contributed by atoms with Crippen molar-refractivity contribution in [3.05, 3.63) is 11.6 Å². The molecule has 2 aromatic heterocycles. The number of fused-ring (bicyclic) bond motifs is 1. The van der Waals surface area contributed by atoms with Gasteiger partial charge in [0.25, 0.3) is 0 Å². The van der Waals surface area contributed by atoms with Crippen molar-refractivity contribution in [1.82, 2.24) is 24.8 Å². The second-order valence-electron chi connectivity index (χ2n) is 8.43. The second-order valence-corrected chi connectivity index (χ2v) is 8.77. The number of piperidine rings is 1. The van der Waals surface area contributed by atoms with Crippen LogP contribution in [0.15, 0.2) is 6.33 Å². The second kappa shape index (κ2) is 6.84. The highest BCUT2D eigenvalue weighted by molar-refractivity contribution is 6.28. The van der Waals surface area contributed by atoms with Crippen molar-refractivity contribution in [3.63, 3.8) is 0 Å². The quantitative estimate of drug-likeness (QED) is 0.744. The number of aromatic amines is 1. The van der Waals surface area contributed by atoms with Gasteiger partial charge in [0.05, 0.1) is 17.8 Å². The van der Waals surface area contributed by atoms with Gasteiger partial charge in [-0.2, -0.15) is 9.97 Å². The Bertz CT molecular complexity index is 896. The number of H-pyrrole nitrogens is 1. The summed E-state index contributed by atoms with van der Waals surface area (Å²) in [6.45, 7) is 2.29. The van der Waals surface area contributed by atoms with Crippen LogP contribution in [0.5, 0.6) is 0 Å². The van der Waals surface area contributed by atoms with Crippen LogP contribution in [0.2, 0.25) is 5.28 Å². The lowest BCUT2D eigenvalue weighted by molar-refractivity contribution is -0.139. The van der Waals surface area contributed by atoms with Crippen LogP contribution >= 0.6 is 11.6 Å². The van der Waals surface area contributed by atoms with Gasteiger partial charge in [-0.05, 0) is 56.5 Å². The zero-order valence-electron chi connectivity index (χ0n) is 15.8. The number of halogens is 1. The molecular formula is C19H25ClN6O2. The van der Waals surface area contributed by atoms with Crippen molar-refractivity contribution in [3.8, 4) is 0 Å². The van der Waals surface area contributed by atoms with E-state index >= 15 is 0 Å². The molecule has 2 aliphatic heterocycles. The first kappa shape index (κ1) is 18.1. The Morgan fingerprint density at radius 3 is 2.82 bits per heavy atom. The SMILES string of the molecule is O=C1N([C@H]2CC[C@H](O)CC2)CCC12CCCN(c1nc(Cl)nc3[nH]cnc13)C2. The van der Waals surface area contributed by atoms with E-state index in [1.807, 2.05) is 0 Å². The van der Waals surface area contributed by atoms with E-state index in [4.69, 9.17) is 11.6 Å². The summed E-state index contributed by atoms with van der Waals surface area (Å²) in [4.78, 5) is 33.7. The van der Waals surface area contributed by atoms with Gasteiger partial charge in [0.15, 0.2) is 17.0 Å². The highest BCUT2D eigenvalue weighted by Crippen LogP contribution is 2.43. The molecule has 0 radical (unpaired) electrons.